The highest BCUT2D eigenvalue weighted by molar-refractivity contribution is 5.97. The van der Waals surface area contributed by atoms with Crippen molar-refractivity contribution >= 4 is 5.84 Å². The Morgan fingerprint density at radius 2 is 2.12 bits per heavy atom. The van der Waals surface area contributed by atoms with E-state index in [0.29, 0.717) is 12.4 Å². The monoisotopic (exact) mass is 238 g/mol. The summed E-state index contributed by atoms with van der Waals surface area (Å²) in [6, 6.07) is 4.48. The summed E-state index contributed by atoms with van der Waals surface area (Å²) in [4.78, 5) is 0. The molecule has 0 aromatic heterocycles. The van der Waals surface area contributed by atoms with Crippen molar-refractivity contribution in [2.75, 3.05) is 6.61 Å². The summed E-state index contributed by atoms with van der Waals surface area (Å²) in [5.74, 6) is -0.454. The number of nitrogen functional groups attached to an aromatic ring is 1. The first-order valence-corrected chi connectivity index (χ1v) is 5.92. The van der Waals surface area contributed by atoms with E-state index in [4.69, 9.17) is 15.9 Å². The van der Waals surface area contributed by atoms with E-state index >= 15 is 0 Å². The molecule has 0 heterocycles. The van der Waals surface area contributed by atoms with Gasteiger partial charge in [-0.3, -0.25) is 5.41 Å². The fourth-order valence-electron chi connectivity index (χ4n) is 1.60. The maximum atomic E-state index is 13.4. The predicted octanol–water partition coefficient (Wildman–Crippen LogP) is 3.07. The quantitative estimate of drug-likeness (QED) is 0.435. The number of hydrogen-bond acceptors (Lipinski definition) is 2. The molecule has 0 aliphatic rings. The number of nitrogens with one attached hydrogen (secondary N) is 1. The van der Waals surface area contributed by atoms with Gasteiger partial charge in [0, 0.05) is 0 Å². The van der Waals surface area contributed by atoms with Crippen molar-refractivity contribution in [3.8, 4) is 5.75 Å². The molecule has 0 aliphatic heterocycles. The zero-order valence-electron chi connectivity index (χ0n) is 10.1. The average Bonchev–Trinajstić information content (AvgIpc) is 2.28. The molecule has 0 amide bonds. The first-order valence-electron chi connectivity index (χ1n) is 5.92. The third-order valence-electron chi connectivity index (χ3n) is 2.50. The van der Waals surface area contributed by atoms with Gasteiger partial charge in [0.05, 0.1) is 12.2 Å². The molecule has 0 atom stereocenters. The van der Waals surface area contributed by atoms with Gasteiger partial charge in [-0.1, -0.05) is 32.3 Å². The maximum absolute atomic E-state index is 13.4. The number of halogens is 1. The van der Waals surface area contributed by atoms with Crippen molar-refractivity contribution in [2.24, 2.45) is 5.73 Å². The minimum Gasteiger partial charge on any atom is -0.493 e. The van der Waals surface area contributed by atoms with Gasteiger partial charge in [0.1, 0.15) is 17.4 Å². The van der Waals surface area contributed by atoms with E-state index in [0.717, 1.165) is 12.8 Å². The first-order chi connectivity index (χ1) is 8.16. The van der Waals surface area contributed by atoms with Crippen LogP contribution in [0.2, 0.25) is 0 Å². The van der Waals surface area contributed by atoms with E-state index in [1.807, 2.05) is 0 Å². The second-order valence-electron chi connectivity index (χ2n) is 3.94. The number of hydrogen-bond donors (Lipinski definition) is 2. The van der Waals surface area contributed by atoms with Gasteiger partial charge in [-0.15, -0.1) is 0 Å². The smallest absolute Gasteiger partial charge is 0.137 e. The highest BCUT2D eigenvalue weighted by Crippen LogP contribution is 2.21. The Morgan fingerprint density at radius 3 is 2.76 bits per heavy atom. The van der Waals surface area contributed by atoms with Gasteiger partial charge in [-0.2, -0.15) is 0 Å². The SMILES string of the molecule is CCCCCCOc1cccc(F)c1C(=N)N. The lowest BCUT2D eigenvalue weighted by atomic mass is 10.1. The highest BCUT2D eigenvalue weighted by Gasteiger charge is 2.11. The molecule has 0 fully saturated rings. The van der Waals surface area contributed by atoms with E-state index < -0.39 is 5.82 Å². The zero-order valence-corrected chi connectivity index (χ0v) is 10.1. The molecule has 3 nitrogen and oxygen atoms in total. The van der Waals surface area contributed by atoms with Crippen molar-refractivity contribution in [3.05, 3.63) is 29.6 Å². The van der Waals surface area contributed by atoms with E-state index in [1.165, 1.54) is 18.9 Å². The van der Waals surface area contributed by atoms with E-state index in [1.54, 1.807) is 12.1 Å². The van der Waals surface area contributed by atoms with Gasteiger partial charge >= 0.3 is 0 Å². The molecule has 17 heavy (non-hydrogen) atoms. The first kappa shape index (κ1) is 13.5. The number of benzene rings is 1. The lowest BCUT2D eigenvalue weighted by molar-refractivity contribution is 0.303. The van der Waals surface area contributed by atoms with Crippen LogP contribution in [0.3, 0.4) is 0 Å². The molecule has 1 rings (SSSR count). The summed E-state index contributed by atoms with van der Waals surface area (Å²) in [6.07, 6.45) is 4.37. The molecule has 0 aliphatic carbocycles. The number of nitrogens with two attached hydrogens (primary N) is 1. The minimum atomic E-state index is -0.511. The lowest BCUT2D eigenvalue weighted by Gasteiger charge is -2.11. The third kappa shape index (κ3) is 4.06. The summed E-state index contributed by atoms with van der Waals surface area (Å²) in [5, 5.41) is 7.32. The van der Waals surface area contributed by atoms with Crippen molar-refractivity contribution in [1.82, 2.24) is 0 Å². The van der Waals surface area contributed by atoms with Crippen molar-refractivity contribution in [1.29, 1.82) is 5.41 Å². The van der Waals surface area contributed by atoms with E-state index in [2.05, 4.69) is 6.92 Å². The minimum absolute atomic E-state index is 0.0583. The Morgan fingerprint density at radius 1 is 1.35 bits per heavy atom. The molecule has 1 aromatic rings. The number of ether oxygens (including phenoxy) is 1. The third-order valence-corrected chi connectivity index (χ3v) is 2.50. The van der Waals surface area contributed by atoms with Gasteiger partial charge in [0.15, 0.2) is 0 Å². The molecule has 0 radical (unpaired) electrons. The van der Waals surface area contributed by atoms with Gasteiger partial charge in [-0.25, -0.2) is 4.39 Å². The second kappa shape index (κ2) is 6.89. The second-order valence-corrected chi connectivity index (χ2v) is 3.94. The fraction of sp³-hybridized carbons (Fsp3) is 0.462. The average molecular weight is 238 g/mol. The number of unbranched alkanes of at least 4 members (excludes halogenated alkanes) is 3. The summed E-state index contributed by atoms with van der Waals surface area (Å²) in [5.41, 5.74) is 5.39. The largest absolute Gasteiger partial charge is 0.493 e. The molecular formula is C13H19FN2O. The predicted molar refractivity (Wildman–Crippen MR) is 67.1 cm³/mol. The van der Waals surface area contributed by atoms with Crippen molar-refractivity contribution in [2.45, 2.75) is 32.6 Å². The fourth-order valence-corrected chi connectivity index (χ4v) is 1.60. The Labute approximate surface area is 101 Å². The summed E-state index contributed by atoms with van der Waals surface area (Å²) in [6.45, 7) is 2.67. The molecule has 4 heteroatoms. The molecule has 0 saturated heterocycles. The van der Waals surface area contributed by atoms with Crippen LogP contribution in [0.5, 0.6) is 5.75 Å². The number of amidine groups is 1. The van der Waals surface area contributed by atoms with Crippen LogP contribution >= 0.6 is 0 Å². The van der Waals surface area contributed by atoms with E-state index in [-0.39, 0.29) is 11.4 Å². The standard InChI is InChI=1S/C13H19FN2O/c1-2-3-4-5-9-17-11-8-6-7-10(14)12(11)13(15)16/h6-8H,2-5,9H2,1H3,(H3,15,16). The van der Waals surface area contributed by atoms with Gasteiger partial charge < -0.3 is 10.5 Å². The highest BCUT2D eigenvalue weighted by atomic mass is 19.1. The summed E-state index contributed by atoms with van der Waals surface area (Å²) in [7, 11) is 0. The van der Waals surface area contributed by atoms with Crippen molar-refractivity contribution < 1.29 is 9.13 Å². The molecule has 1 aromatic carbocycles. The Bertz CT molecular complexity index is 380. The molecule has 0 saturated carbocycles. The van der Waals surface area contributed by atoms with Crippen LogP contribution in [0.1, 0.15) is 38.2 Å². The van der Waals surface area contributed by atoms with Crippen molar-refractivity contribution in [3.63, 3.8) is 0 Å². The Kier molecular flexibility index (Phi) is 5.46. The molecule has 94 valence electrons. The van der Waals surface area contributed by atoms with Gasteiger partial charge in [-0.05, 0) is 18.6 Å². The summed E-state index contributed by atoms with van der Waals surface area (Å²) >= 11 is 0. The maximum Gasteiger partial charge on any atom is 0.137 e. The Hall–Kier alpha value is -1.58. The van der Waals surface area contributed by atoms with E-state index in [9.17, 15) is 4.39 Å². The molecule has 0 spiro atoms. The number of rotatable bonds is 7. The molecule has 0 unspecified atom stereocenters. The van der Waals surface area contributed by atoms with Crippen LogP contribution in [0, 0.1) is 11.2 Å². The normalized spacial score (nSPS) is 10.2. The molecule has 0 bridgehead atoms. The van der Waals surface area contributed by atoms with Gasteiger partial charge in [0.25, 0.3) is 0 Å². The van der Waals surface area contributed by atoms with Crippen LogP contribution in [0.15, 0.2) is 18.2 Å². The summed E-state index contributed by atoms with van der Waals surface area (Å²) < 4.78 is 18.9. The van der Waals surface area contributed by atoms with Crippen LogP contribution in [0.25, 0.3) is 0 Å². The molecular weight excluding hydrogens is 219 g/mol. The lowest BCUT2D eigenvalue weighted by Crippen LogP contribution is -2.15. The van der Waals surface area contributed by atoms with Gasteiger partial charge in [0.2, 0.25) is 0 Å². The Balaban J connectivity index is 2.58. The topological polar surface area (TPSA) is 59.1 Å². The zero-order chi connectivity index (χ0) is 12.7. The molecule has 3 N–H and O–H groups in total. The van der Waals surface area contributed by atoms with Crippen LogP contribution < -0.4 is 10.5 Å². The van der Waals surface area contributed by atoms with Crippen LogP contribution in [-0.4, -0.2) is 12.4 Å². The van der Waals surface area contributed by atoms with Crippen LogP contribution in [0.4, 0.5) is 4.39 Å². The van der Waals surface area contributed by atoms with Crippen LogP contribution in [-0.2, 0) is 0 Å².